The number of carbonyl (C=O) groups excluding carboxylic acids is 2. The van der Waals surface area contributed by atoms with E-state index in [-0.39, 0.29) is 17.3 Å². The van der Waals surface area contributed by atoms with Gasteiger partial charge in [-0.3, -0.25) is 13.9 Å². The molecule has 3 aromatic rings. The molecule has 0 bridgehead atoms. The molecule has 0 spiro atoms. The van der Waals surface area contributed by atoms with E-state index in [1.807, 2.05) is 32.9 Å². The largest absolute Gasteiger partial charge is 0.497 e. The fraction of sp³-hybridized carbons (Fsp3) is 0.310. The van der Waals surface area contributed by atoms with Crippen molar-refractivity contribution in [3.8, 4) is 5.75 Å². The zero-order valence-electron chi connectivity index (χ0n) is 22.4. The third kappa shape index (κ3) is 7.35. The molecule has 0 fully saturated rings. The summed E-state index contributed by atoms with van der Waals surface area (Å²) < 4.78 is 33.7. The second kappa shape index (κ2) is 12.1. The Labute approximate surface area is 225 Å². The van der Waals surface area contributed by atoms with Crippen LogP contribution in [0, 0.1) is 0 Å². The van der Waals surface area contributed by atoms with Crippen LogP contribution in [0.2, 0.25) is 0 Å². The molecular formula is C29H35N3O5S. The normalized spacial score (nSPS) is 12.3. The van der Waals surface area contributed by atoms with Crippen molar-refractivity contribution in [2.24, 2.45) is 0 Å². The van der Waals surface area contributed by atoms with Gasteiger partial charge in [-0.2, -0.15) is 0 Å². The number of benzene rings is 3. The van der Waals surface area contributed by atoms with Gasteiger partial charge < -0.3 is 15.0 Å². The molecule has 1 unspecified atom stereocenters. The minimum atomic E-state index is -4.07. The average Bonchev–Trinajstić information content (AvgIpc) is 2.90. The number of ether oxygens (including phenoxy) is 1. The van der Waals surface area contributed by atoms with E-state index in [9.17, 15) is 18.0 Å². The molecule has 0 saturated carbocycles. The van der Waals surface area contributed by atoms with Gasteiger partial charge in [0, 0.05) is 12.1 Å². The maximum absolute atomic E-state index is 13.9. The van der Waals surface area contributed by atoms with Crippen LogP contribution in [0.25, 0.3) is 0 Å². The van der Waals surface area contributed by atoms with E-state index in [4.69, 9.17) is 4.74 Å². The molecule has 0 heterocycles. The van der Waals surface area contributed by atoms with Gasteiger partial charge in [-0.1, -0.05) is 48.5 Å². The Morgan fingerprint density at radius 2 is 1.45 bits per heavy atom. The van der Waals surface area contributed by atoms with Crippen LogP contribution in [0.15, 0.2) is 89.8 Å². The van der Waals surface area contributed by atoms with Gasteiger partial charge in [0.05, 0.1) is 17.7 Å². The lowest BCUT2D eigenvalue weighted by molar-refractivity contribution is -0.140. The van der Waals surface area contributed by atoms with E-state index in [0.717, 1.165) is 9.87 Å². The van der Waals surface area contributed by atoms with Crippen molar-refractivity contribution in [2.75, 3.05) is 18.0 Å². The lowest BCUT2D eigenvalue weighted by Gasteiger charge is -2.33. The first-order chi connectivity index (χ1) is 17.9. The number of rotatable bonds is 10. The number of nitrogens with zero attached hydrogens (tertiary/aromatic N) is 2. The highest BCUT2D eigenvalue weighted by Gasteiger charge is 2.33. The monoisotopic (exact) mass is 537 g/mol. The highest BCUT2D eigenvalue weighted by Crippen LogP contribution is 2.24. The van der Waals surface area contributed by atoms with E-state index >= 15 is 0 Å². The first-order valence-electron chi connectivity index (χ1n) is 12.3. The first-order valence-corrected chi connectivity index (χ1v) is 13.7. The third-order valence-corrected chi connectivity index (χ3v) is 7.62. The lowest BCUT2D eigenvalue weighted by atomic mass is 10.1. The minimum absolute atomic E-state index is 0.0666. The van der Waals surface area contributed by atoms with Crippen LogP contribution in [0.5, 0.6) is 5.75 Å². The Kier molecular flexibility index (Phi) is 9.17. The van der Waals surface area contributed by atoms with Crippen LogP contribution in [-0.4, -0.2) is 50.4 Å². The summed E-state index contributed by atoms with van der Waals surface area (Å²) in [4.78, 5) is 28.4. The predicted molar refractivity (Wildman–Crippen MR) is 148 cm³/mol. The summed E-state index contributed by atoms with van der Waals surface area (Å²) in [5, 5.41) is 2.91. The molecule has 2 amide bonds. The van der Waals surface area contributed by atoms with Crippen LogP contribution in [0.1, 0.15) is 33.3 Å². The fourth-order valence-corrected chi connectivity index (χ4v) is 5.26. The number of methoxy groups -OCH3 is 1. The van der Waals surface area contributed by atoms with Crippen LogP contribution in [-0.2, 0) is 26.2 Å². The third-order valence-electron chi connectivity index (χ3n) is 5.83. The van der Waals surface area contributed by atoms with Gasteiger partial charge in [0.2, 0.25) is 11.8 Å². The summed E-state index contributed by atoms with van der Waals surface area (Å²) >= 11 is 0. The molecule has 0 radical (unpaired) electrons. The molecule has 0 saturated heterocycles. The highest BCUT2D eigenvalue weighted by molar-refractivity contribution is 7.92. The van der Waals surface area contributed by atoms with Crippen LogP contribution >= 0.6 is 0 Å². The number of carbonyl (C=O) groups is 2. The van der Waals surface area contributed by atoms with Gasteiger partial charge in [0.1, 0.15) is 18.3 Å². The Balaban J connectivity index is 1.99. The van der Waals surface area contributed by atoms with Crippen molar-refractivity contribution in [1.82, 2.24) is 10.2 Å². The predicted octanol–water partition coefficient (Wildman–Crippen LogP) is 4.22. The van der Waals surface area contributed by atoms with Crippen LogP contribution < -0.4 is 14.4 Å². The van der Waals surface area contributed by atoms with Gasteiger partial charge in [-0.25, -0.2) is 8.42 Å². The zero-order chi connectivity index (χ0) is 27.9. The van der Waals surface area contributed by atoms with Gasteiger partial charge in [-0.15, -0.1) is 0 Å². The highest BCUT2D eigenvalue weighted by atomic mass is 32.2. The summed E-state index contributed by atoms with van der Waals surface area (Å²) in [5.41, 5.74) is 0.611. The molecule has 1 N–H and O–H groups in total. The van der Waals surface area contributed by atoms with Crippen molar-refractivity contribution >= 4 is 27.5 Å². The molecule has 3 rings (SSSR count). The SMILES string of the molecule is COc1ccc(CN(C(=O)CN(c2ccccc2)S(=O)(=O)c2ccccc2)C(C)C(=O)NC(C)(C)C)cc1. The quantitative estimate of drug-likeness (QED) is 0.418. The van der Waals surface area contributed by atoms with Crippen LogP contribution in [0.3, 0.4) is 0 Å². The number of amides is 2. The minimum Gasteiger partial charge on any atom is -0.497 e. The van der Waals surface area contributed by atoms with E-state index in [2.05, 4.69) is 5.32 Å². The Bertz CT molecular complexity index is 1320. The van der Waals surface area contributed by atoms with E-state index < -0.39 is 34.1 Å². The molecule has 3 aromatic carbocycles. The van der Waals surface area contributed by atoms with Crippen molar-refractivity contribution in [3.05, 3.63) is 90.5 Å². The standard InChI is InChI=1S/C29H35N3O5S/c1-22(28(34)30-29(2,3)4)31(20-23-16-18-25(37-5)19-17-23)27(33)21-32(24-12-8-6-9-13-24)38(35,36)26-14-10-7-11-15-26/h6-19,22H,20-21H2,1-5H3,(H,30,34). The van der Waals surface area contributed by atoms with Crippen molar-refractivity contribution in [1.29, 1.82) is 0 Å². The average molecular weight is 538 g/mol. The van der Waals surface area contributed by atoms with E-state index in [1.165, 1.54) is 17.0 Å². The lowest BCUT2D eigenvalue weighted by Crippen LogP contribution is -2.54. The number of anilines is 1. The molecule has 0 aliphatic rings. The molecular weight excluding hydrogens is 502 g/mol. The van der Waals surface area contributed by atoms with Crippen LogP contribution in [0.4, 0.5) is 5.69 Å². The molecule has 202 valence electrons. The summed E-state index contributed by atoms with van der Waals surface area (Å²) in [6, 6.07) is 22.7. The number of nitrogens with one attached hydrogen (secondary N) is 1. The molecule has 9 heteroatoms. The van der Waals surface area contributed by atoms with Gasteiger partial charge in [0.25, 0.3) is 10.0 Å². The number of sulfonamides is 1. The fourth-order valence-electron chi connectivity index (χ4n) is 3.83. The zero-order valence-corrected chi connectivity index (χ0v) is 23.2. The van der Waals surface area contributed by atoms with E-state index in [0.29, 0.717) is 11.4 Å². The molecule has 38 heavy (non-hydrogen) atoms. The van der Waals surface area contributed by atoms with Gasteiger partial charge in [0.15, 0.2) is 0 Å². The summed E-state index contributed by atoms with van der Waals surface area (Å²) in [6.45, 7) is 6.84. The number of para-hydroxylation sites is 1. The van der Waals surface area contributed by atoms with Gasteiger partial charge >= 0.3 is 0 Å². The Hall–Kier alpha value is -3.85. The number of hydrogen-bond donors (Lipinski definition) is 1. The molecule has 1 atom stereocenters. The topological polar surface area (TPSA) is 96.0 Å². The summed E-state index contributed by atoms with van der Waals surface area (Å²) in [7, 11) is -2.51. The van der Waals surface area contributed by atoms with Crippen molar-refractivity contribution in [2.45, 2.75) is 50.7 Å². The second-order valence-electron chi connectivity index (χ2n) is 9.95. The first kappa shape index (κ1) is 28.7. The maximum Gasteiger partial charge on any atom is 0.264 e. The molecule has 0 aliphatic carbocycles. The molecule has 8 nitrogen and oxygen atoms in total. The Morgan fingerprint density at radius 3 is 1.97 bits per heavy atom. The smallest absolute Gasteiger partial charge is 0.264 e. The summed E-state index contributed by atoms with van der Waals surface area (Å²) in [6.07, 6.45) is 0. The number of hydrogen-bond acceptors (Lipinski definition) is 5. The van der Waals surface area contributed by atoms with E-state index in [1.54, 1.807) is 74.7 Å². The van der Waals surface area contributed by atoms with Gasteiger partial charge in [-0.05, 0) is 69.7 Å². The summed E-state index contributed by atoms with van der Waals surface area (Å²) in [5.74, 6) is -0.188. The Morgan fingerprint density at radius 1 is 0.895 bits per heavy atom. The van der Waals surface area contributed by atoms with Crippen molar-refractivity contribution < 1.29 is 22.7 Å². The molecule has 0 aromatic heterocycles. The molecule has 0 aliphatic heterocycles. The maximum atomic E-state index is 13.9. The van der Waals surface area contributed by atoms with Crippen molar-refractivity contribution in [3.63, 3.8) is 0 Å². The second-order valence-corrected chi connectivity index (χ2v) is 11.8.